The minimum atomic E-state index is 0.688. The lowest BCUT2D eigenvalue weighted by Gasteiger charge is -2.09. The summed E-state index contributed by atoms with van der Waals surface area (Å²) in [5.74, 6) is 1.47. The normalized spacial score (nSPS) is 15.4. The van der Waals surface area contributed by atoms with Crippen molar-refractivity contribution >= 4 is 0 Å². The van der Waals surface area contributed by atoms with Gasteiger partial charge in [-0.25, -0.2) is 0 Å². The van der Waals surface area contributed by atoms with Gasteiger partial charge in [0.1, 0.15) is 0 Å². The molecule has 82 valence electrons. The van der Waals surface area contributed by atoms with E-state index in [1.165, 1.54) is 18.4 Å². The van der Waals surface area contributed by atoms with E-state index in [0.717, 1.165) is 12.3 Å². The van der Waals surface area contributed by atoms with Gasteiger partial charge in [0.2, 0.25) is 0 Å². The van der Waals surface area contributed by atoms with Crippen molar-refractivity contribution in [3.8, 4) is 0 Å². The van der Waals surface area contributed by atoms with E-state index in [2.05, 4.69) is 52.8 Å². The van der Waals surface area contributed by atoms with Crippen LogP contribution in [0, 0.1) is 11.8 Å². The van der Waals surface area contributed by atoms with Crippen LogP contribution >= 0.6 is 0 Å². The van der Waals surface area contributed by atoms with E-state index in [4.69, 9.17) is 0 Å². The van der Waals surface area contributed by atoms with Crippen molar-refractivity contribution in [1.29, 1.82) is 0 Å². The van der Waals surface area contributed by atoms with E-state index >= 15 is 0 Å². The highest BCUT2D eigenvalue weighted by atomic mass is 14.1. The van der Waals surface area contributed by atoms with Gasteiger partial charge in [0.15, 0.2) is 0 Å². The van der Waals surface area contributed by atoms with Crippen LogP contribution in [0.15, 0.2) is 23.8 Å². The van der Waals surface area contributed by atoms with Gasteiger partial charge in [0.25, 0.3) is 0 Å². The number of hydrogen-bond acceptors (Lipinski definition) is 0. The van der Waals surface area contributed by atoms with Crippen LogP contribution in [0.5, 0.6) is 0 Å². The van der Waals surface area contributed by atoms with Gasteiger partial charge < -0.3 is 0 Å². The molecule has 0 fully saturated rings. The number of rotatable bonds is 6. The summed E-state index contributed by atoms with van der Waals surface area (Å²) in [5.41, 5.74) is 1.54. The van der Waals surface area contributed by atoms with Crippen molar-refractivity contribution < 1.29 is 0 Å². The summed E-state index contributed by atoms with van der Waals surface area (Å²) < 4.78 is 0. The van der Waals surface area contributed by atoms with Gasteiger partial charge in [0.05, 0.1) is 0 Å². The van der Waals surface area contributed by atoms with Gasteiger partial charge >= 0.3 is 0 Å². The summed E-state index contributed by atoms with van der Waals surface area (Å²) in [6.07, 6.45) is 10.6. The molecule has 0 bridgehead atoms. The maximum absolute atomic E-state index is 2.38. The zero-order valence-corrected chi connectivity index (χ0v) is 10.5. The molecule has 0 N–H and O–H groups in total. The van der Waals surface area contributed by atoms with Crippen LogP contribution in [0.3, 0.4) is 0 Å². The van der Waals surface area contributed by atoms with Crippen LogP contribution in [-0.4, -0.2) is 0 Å². The Morgan fingerprint density at radius 1 is 1.14 bits per heavy atom. The molecule has 14 heavy (non-hydrogen) atoms. The molecule has 0 aromatic carbocycles. The van der Waals surface area contributed by atoms with Crippen molar-refractivity contribution in [1.82, 2.24) is 0 Å². The SMILES string of the molecule is CCC=CCC(C)CC(C)=CC(C)C. The second-order valence-corrected chi connectivity index (χ2v) is 4.68. The molecule has 0 aliphatic carbocycles. The molecular weight excluding hydrogens is 168 g/mol. The Bertz CT molecular complexity index is 184. The molecule has 1 atom stereocenters. The van der Waals surface area contributed by atoms with Crippen LogP contribution in [0.25, 0.3) is 0 Å². The van der Waals surface area contributed by atoms with Gasteiger partial charge in [-0.05, 0) is 38.0 Å². The summed E-state index contributed by atoms with van der Waals surface area (Å²) in [5, 5.41) is 0. The minimum Gasteiger partial charge on any atom is -0.0888 e. The van der Waals surface area contributed by atoms with Crippen molar-refractivity contribution in [3.05, 3.63) is 23.8 Å². The first-order chi connectivity index (χ1) is 6.56. The molecule has 0 amide bonds. The van der Waals surface area contributed by atoms with E-state index in [1.54, 1.807) is 0 Å². The van der Waals surface area contributed by atoms with E-state index in [9.17, 15) is 0 Å². The molecule has 0 heterocycles. The van der Waals surface area contributed by atoms with Crippen LogP contribution in [0.2, 0.25) is 0 Å². The lowest BCUT2D eigenvalue weighted by Crippen LogP contribution is -1.95. The Hall–Kier alpha value is -0.520. The largest absolute Gasteiger partial charge is 0.0888 e. The summed E-state index contributed by atoms with van der Waals surface area (Å²) in [6.45, 7) is 11.2. The fraction of sp³-hybridized carbons (Fsp3) is 0.714. The molecule has 0 aliphatic heterocycles. The first-order valence-corrected chi connectivity index (χ1v) is 5.88. The molecular formula is C14H26. The zero-order chi connectivity index (χ0) is 11.0. The monoisotopic (exact) mass is 194 g/mol. The van der Waals surface area contributed by atoms with Gasteiger partial charge in [-0.3, -0.25) is 0 Å². The smallest absolute Gasteiger partial charge is 0.0288 e. The average molecular weight is 194 g/mol. The van der Waals surface area contributed by atoms with E-state index in [1.807, 2.05) is 0 Å². The Kier molecular flexibility index (Phi) is 7.55. The van der Waals surface area contributed by atoms with Gasteiger partial charge in [-0.1, -0.05) is 51.5 Å². The molecule has 0 saturated carbocycles. The topological polar surface area (TPSA) is 0 Å². The first kappa shape index (κ1) is 13.5. The maximum Gasteiger partial charge on any atom is -0.0288 e. The van der Waals surface area contributed by atoms with Crippen molar-refractivity contribution in [2.75, 3.05) is 0 Å². The molecule has 0 heteroatoms. The van der Waals surface area contributed by atoms with Gasteiger partial charge in [-0.2, -0.15) is 0 Å². The fourth-order valence-corrected chi connectivity index (χ4v) is 1.77. The fourth-order valence-electron chi connectivity index (χ4n) is 1.77. The highest BCUT2D eigenvalue weighted by Gasteiger charge is 2.01. The second kappa shape index (κ2) is 7.84. The summed E-state index contributed by atoms with van der Waals surface area (Å²) in [4.78, 5) is 0. The third-order valence-corrected chi connectivity index (χ3v) is 2.23. The molecule has 0 aromatic heterocycles. The molecule has 0 rings (SSSR count). The number of hydrogen-bond donors (Lipinski definition) is 0. The predicted octanol–water partition coefficient (Wildman–Crippen LogP) is 4.97. The maximum atomic E-state index is 2.38. The average Bonchev–Trinajstić information content (AvgIpc) is 2.02. The highest BCUT2D eigenvalue weighted by molar-refractivity contribution is 5.01. The van der Waals surface area contributed by atoms with Crippen LogP contribution in [0.1, 0.15) is 53.9 Å². The van der Waals surface area contributed by atoms with Crippen molar-refractivity contribution in [3.63, 3.8) is 0 Å². The number of allylic oxidation sites excluding steroid dienone is 4. The standard InChI is InChI=1S/C14H26/c1-6-7-8-9-13(4)11-14(5)10-12(2)3/h7-8,10,12-13H,6,9,11H2,1-5H3. The molecule has 1 unspecified atom stereocenters. The predicted molar refractivity (Wildman–Crippen MR) is 66.4 cm³/mol. The molecule has 0 aliphatic rings. The van der Waals surface area contributed by atoms with Gasteiger partial charge in [0, 0.05) is 0 Å². The third-order valence-electron chi connectivity index (χ3n) is 2.23. The van der Waals surface area contributed by atoms with Crippen molar-refractivity contribution in [2.45, 2.75) is 53.9 Å². The molecule has 0 saturated heterocycles. The Morgan fingerprint density at radius 3 is 2.29 bits per heavy atom. The lowest BCUT2D eigenvalue weighted by atomic mass is 9.96. The highest BCUT2D eigenvalue weighted by Crippen LogP contribution is 2.16. The van der Waals surface area contributed by atoms with E-state index in [0.29, 0.717) is 5.92 Å². The van der Waals surface area contributed by atoms with Gasteiger partial charge in [-0.15, -0.1) is 0 Å². The second-order valence-electron chi connectivity index (χ2n) is 4.68. The quantitative estimate of drug-likeness (QED) is 0.524. The van der Waals surface area contributed by atoms with Crippen LogP contribution < -0.4 is 0 Å². The van der Waals surface area contributed by atoms with Crippen molar-refractivity contribution in [2.24, 2.45) is 11.8 Å². The Morgan fingerprint density at radius 2 is 1.79 bits per heavy atom. The molecule has 0 spiro atoms. The summed E-state index contributed by atoms with van der Waals surface area (Å²) >= 11 is 0. The zero-order valence-electron chi connectivity index (χ0n) is 10.5. The Labute approximate surface area is 90.1 Å². The Balaban J connectivity index is 3.81. The molecule has 0 aromatic rings. The summed E-state index contributed by atoms with van der Waals surface area (Å²) in [6, 6.07) is 0. The van der Waals surface area contributed by atoms with Crippen LogP contribution in [0.4, 0.5) is 0 Å². The van der Waals surface area contributed by atoms with E-state index in [-0.39, 0.29) is 0 Å². The third kappa shape index (κ3) is 8.10. The first-order valence-electron chi connectivity index (χ1n) is 5.88. The summed E-state index contributed by atoms with van der Waals surface area (Å²) in [7, 11) is 0. The van der Waals surface area contributed by atoms with Crippen LogP contribution in [-0.2, 0) is 0 Å². The molecule has 0 nitrogen and oxygen atoms in total. The molecule has 0 radical (unpaired) electrons. The minimum absolute atomic E-state index is 0.688. The lowest BCUT2D eigenvalue weighted by molar-refractivity contribution is 0.581. The van der Waals surface area contributed by atoms with E-state index < -0.39 is 0 Å².